The van der Waals surface area contributed by atoms with Crippen molar-refractivity contribution in [1.29, 1.82) is 0 Å². The first kappa shape index (κ1) is 22.8. The third-order valence-corrected chi connectivity index (χ3v) is 7.30. The predicted molar refractivity (Wildman–Crippen MR) is 118 cm³/mol. The molecular weight excluding hydrogens is 430 g/mol. The molecule has 0 saturated heterocycles. The van der Waals surface area contributed by atoms with Gasteiger partial charge in [0.1, 0.15) is 22.8 Å². The number of carbonyl (C=O) groups excluding carboxylic acids is 3. The van der Waals surface area contributed by atoms with Gasteiger partial charge in [-0.3, -0.25) is 14.4 Å². The van der Waals surface area contributed by atoms with Gasteiger partial charge in [0.15, 0.2) is 11.4 Å². The second kappa shape index (κ2) is 7.32. The fourth-order valence-electron chi connectivity index (χ4n) is 5.59. The summed E-state index contributed by atoms with van der Waals surface area (Å²) >= 11 is 0. The number of phenolic OH excluding ortho intramolecular Hbond substituents is 1. The van der Waals surface area contributed by atoms with Crippen molar-refractivity contribution in [3.05, 3.63) is 45.4 Å². The Morgan fingerprint density at radius 1 is 1.24 bits per heavy atom. The smallest absolute Gasteiger partial charge is 0.255 e. The fourth-order valence-corrected chi connectivity index (χ4v) is 5.59. The van der Waals surface area contributed by atoms with E-state index < -0.39 is 57.9 Å². The monoisotopic (exact) mass is 457 g/mol. The number of fused-ring (bicyclic) bond motifs is 3. The van der Waals surface area contributed by atoms with Gasteiger partial charge in [-0.25, -0.2) is 0 Å². The first-order valence-corrected chi connectivity index (χ1v) is 10.6. The SMILES string of the molecule is CC1C(O)=C(C(N)=O)C(=O)[C@@]2(O)C(O)=C3C(=O)c4c(O)c(CN)cc(N(C)C)c4CC3CC12. The molecule has 1 amide bonds. The van der Waals surface area contributed by atoms with Crippen molar-refractivity contribution in [3.63, 3.8) is 0 Å². The first-order chi connectivity index (χ1) is 15.4. The van der Waals surface area contributed by atoms with E-state index in [4.69, 9.17) is 11.5 Å². The van der Waals surface area contributed by atoms with Crippen molar-refractivity contribution in [3.8, 4) is 5.75 Å². The molecule has 4 atom stereocenters. The average molecular weight is 457 g/mol. The molecule has 0 fully saturated rings. The predicted octanol–water partition coefficient (Wildman–Crippen LogP) is 0.351. The third-order valence-electron chi connectivity index (χ3n) is 7.30. The van der Waals surface area contributed by atoms with Gasteiger partial charge in [0.2, 0.25) is 5.78 Å². The highest BCUT2D eigenvalue weighted by atomic mass is 16.3. The minimum atomic E-state index is -2.60. The Morgan fingerprint density at radius 3 is 2.42 bits per heavy atom. The van der Waals surface area contributed by atoms with Crippen molar-refractivity contribution in [2.45, 2.75) is 31.9 Å². The van der Waals surface area contributed by atoms with E-state index in [0.717, 1.165) is 0 Å². The van der Waals surface area contributed by atoms with Crippen LogP contribution in [0.4, 0.5) is 5.69 Å². The summed E-state index contributed by atoms with van der Waals surface area (Å²) < 4.78 is 0. The number of phenols is 1. The molecule has 8 N–H and O–H groups in total. The molecule has 0 saturated carbocycles. The molecule has 10 heteroatoms. The zero-order valence-corrected chi connectivity index (χ0v) is 18.5. The number of nitrogens with two attached hydrogens (primary N) is 2. The summed E-state index contributed by atoms with van der Waals surface area (Å²) in [4.78, 5) is 40.3. The second-order valence-electron chi connectivity index (χ2n) is 9.20. The second-order valence-corrected chi connectivity index (χ2v) is 9.20. The van der Waals surface area contributed by atoms with E-state index in [1.807, 2.05) is 0 Å². The van der Waals surface area contributed by atoms with Gasteiger partial charge in [-0.15, -0.1) is 0 Å². The maximum absolute atomic E-state index is 13.6. The molecule has 0 aliphatic heterocycles. The van der Waals surface area contributed by atoms with E-state index in [-0.39, 0.29) is 36.3 Å². The summed E-state index contributed by atoms with van der Waals surface area (Å²) in [6.07, 6.45) is 0.323. The third kappa shape index (κ3) is 2.83. The van der Waals surface area contributed by atoms with E-state index >= 15 is 0 Å². The average Bonchev–Trinajstić information content (AvgIpc) is 2.74. The lowest BCUT2D eigenvalue weighted by molar-refractivity contribution is -0.147. The van der Waals surface area contributed by atoms with Crippen LogP contribution in [-0.4, -0.2) is 57.6 Å². The minimum Gasteiger partial charge on any atom is -0.511 e. The Labute approximate surface area is 189 Å². The van der Waals surface area contributed by atoms with Gasteiger partial charge in [-0.05, 0) is 30.4 Å². The molecule has 33 heavy (non-hydrogen) atoms. The number of rotatable bonds is 3. The molecule has 3 unspecified atom stereocenters. The number of primary amides is 1. The number of aromatic hydroxyl groups is 1. The summed E-state index contributed by atoms with van der Waals surface area (Å²) in [6.45, 7) is 1.48. The highest BCUT2D eigenvalue weighted by Crippen LogP contribution is 2.54. The molecule has 0 heterocycles. The van der Waals surface area contributed by atoms with Crippen LogP contribution in [0.1, 0.15) is 34.8 Å². The van der Waals surface area contributed by atoms with E-state index in [9.17, 15) is 34.8 Å². The van der Waals surface area contributed by atoms with Gasteiger partial charge < -0.3 is 36.8 Å². The van der Waals surface area contributed by atoms with Gasteiger partial charge in [0.05, 0.1) is 5.56 Å². The van der Waals surface area contributed by atoms with Crippen LogP contribution < -0.4 is 16.4 Å². The lowest BCUT2D eigenvalue weighted by Crippen LogP contribution is -2.59. The Bertz CT molecular complexity index is 1180. The van der Waals surface area contributed by atoms with E-state index in [1.54, 1.807) is 25.1 Å². The normalized spacial score (nSPS) is 28.9. The molecule has 0 aromatic heterocycles. The zero-order chi connectivity index (χ0) is 24.6. The summed E-state index contributed by atoms with van der Waals surface area (Å²) in [7, 11) is 3.58. The van der Waals surface area contributed by atoms with Crippen molar-refractivity contribution in [1.82, 2.24) is 0 Å². The standard InChI is InChI=1S/C23H27N3O7/c1-8-12-5-9-4-11-13(26(2)3)6-10(7-24)18(28)15(11)19(29)14(9)20(30)23(12,33)21(31)16(17(8)27)22(25)32/h6,8-9,12,27-28,30,33H,4-5,7,24H2,1-3H3,(H2,25,32)/t8?,9?,12?,23-/m0/s1. The number of carbonyl (C=O) groups is 3. The molecule has 0 radical (unpaired) electrons. The van der Waals surface area contributed by atoms with Crippen molar-refractivity contribution >= 4 is 23.2 Å². The molecule has 3 aliphatic rings. The number of anilines is 1. The number of amides is 1. The molecule has 4 rings (SSSR count). The number of aliphatic hydroxyl groups is 3. The zero-order valence-electron chi connectivity index (χ0n) is 18.5. The number of benzene rings is 1. The lowest BCUT2D eigenvalue weighted by Gasteiger charge is -2.48. The Kier molecular flexibility index (Phi) is 5.06. The minimum absolute atomic E-state index is 0.0320. The number of nitrogens with zero attached hydrogens (tertiary/aromatic N) is 1. The fraction of sp³-hybridized carbons (Fsp3) is 0.435. The van der Waals surface area contributed by atoms with Crippen molar-refractivity contribution < 1.29 is 34.8 Å². The summed E-state index contributed by atoms with van der Waals surface area (Å²) in [5, 5.41) is 43.8. The van der Waals surface area contributed by atoms with Gasteiger partial charge in [-0.2, -0.15) is 0 Å². The maximum Gasteiger partial charge on any atom is 0.255 e. The van der Waals surface area contributed by atoms with Crippen LogP contribution >= 0.6 is 0 Å². The van der Waals surface area contributed by atoms with Gasteiger partial charge in [-0.1, -0.05) is 6.92 Å². The highest BCUT2D eigenvalue weighted by molar-refractivity contribution is 6.24. The topological polar surface area (TPSA) is 187 Å². The van der Waals surface area contributed by atoms with Crippen LogP contribution in [0.5, 0.6) is 5.75 Å². The lowest BCUT2D eigenvalue weighted by atomic mass is 9.57. The number of hydrogen-bond acceptors (Lipinski definition) is 9. The van der Waals surface area contributed by atoms with E-state index in [0.29, 0.717) is 16.8 Å². The van der Waals surface area contributed by atoms with E-state index in [1.165, 1.54) is 6.92 Å². The number of aliphatic hydroxyl groups excluding tert-OH is 2. The first-order valence-electron chi connectivity index (χ1n) is 10.6. The van der Waals surface area contributed by atoms with Crippen LogP contribution in [0.25, 0.3) is 0 Å². The van der Waals surface area contributed by atoms with Crippen LogP contribution in [0.3, 0.4) is 0 Å². The van der Waals surface area contributed by atoms with E-state index in [2.05, 4.69) is 0 Å². The van der Waals surface area contributed by atoms with Crippen molar-refractivity contribution in [2.75, 3.05) is 19.0 Å². The van der Waals surface area contributed by atoms with Gasteiger partial charge in [0.25, 0.3) is 5.91 Å². The molecule has 10 nitrogen and oxygen atoms in total. The molecule has 176 valence electrons. The van der Waals surface area contributed by atoms with Crippen molar-refractivity contribution in [2.24, 2.45) is 29.2 Å². The largest absolute Gasteiger partial charge is 0.511 e. The quantitative estimate of drug-likeness (QED) is 0.348. The van der Waals surface area contributed by atoms with Crippen LogP contribution in [0, 0.1) is 17.8 Å². The Hall–Kier alpha value is -3.37. The number of Topliss-reactive ketones (excluding diaryl/α,β-unsaturated/α-hetero) is 2. The number of allylic oxidation sites excluding steroid dienone is 2. The van der Waals surface area contributed by atoms with Crippen LogP contribution in [0.2, 0.25) is 0 Å². The Balaban J connectivity index is 1.97. The summed E-state index contributed by atoms with van der Waals surface area (Å²) in [6, 6.07) is 1.70. The molecular formula is C23H27N3O7. The Morgan fingerprint density at radius 2 is 1.88 bits per heavy atom. The van der Waals surface area contributed by atoms with Gasteiger partial charge in [0, 0.05) is 49.3 Å². The molecule has 0 bridgehead atoms. The maximum atomic E-state index is 13.6. The highest BCUT2D eigenvalue weighted by Gasteiger charge is 2.61. The van der Waals surface area contributed by atoms with Gasteiger partial charge >= 0.3 is 0 Å². The summed E-state index contributed by atoms with van der Waals surface area (Å²) in [5.41, 5.74) is 8.97. The number of ketones is 2. The molecule has 1 aromatic rings. The number of hydrogen-bond donors (Lipinski definition) is 6. The molecule has 0 spiro atoms. The van der Waals surface area contributed by atoms with Crippen LogP contribution in [0.15, 0.2) is 28.7 Å². The molecule has 1 aromatic carbocycles. The summed E-state index contributed by atoms with van der Waals surface area (Å²) in [5.74, 6) is -7.38. The van der Waals surface area contributed by atoms with Crippen LogP contribution in [-0.2, 0) is 22.6 Å². The molecule has 3 aliphatic carbocycles.